The molecule has 2 N–H and O–H groups in total. The van der Waals surface area contributed by atoms with E-state index in [0.29, 0.717) is 16.8 Å². The van der Waals surface area contributed by atoms with Crippen molar-refractivity contribution in [2.45, 2.75) is 6.42 Å². The first-order chi connectivity index (χ1) is 8.00. The van der Waals surface area contributed by atoms with E-state index < -0.39 is 5.97 Å². The number of pyridine rings is 1. The zero-order valence-electron chi connectivity index (χ0n) is 9.90. The monoisotopic (exact) mass is 301 g/mol. The largest absolute Gasteiger partial charge is 0.478 e. The minimum absolute atomic E-state index is 0.184. The Morgan fingerprint density at radius 2 is 2.29 bits per heavy atom. The fourth-order valence-corrected chi connectivity index (χ4v) is 1.68. The van der Waals surface area contributed by atoms with Gasteiger partial charge in [-0.15, -0.1) is 0 Å². The van der Waals surface area contributed by atoms with Gasteiger partial charge in [0.1, 0.15) is 11.4 Å². The second-order valence-electron chi connectivity index (χ2n) is 3.94. The number of carbonyl (C=O) groups is 1. The van der Waals surface area contributed by atoms with Crippen LogP contribution in [-0.2, 0) is 0 Å². The van der Waals surface area contributed by atoms with Crippen molar-refractivity contribution in [3.63, 3.8) is 0 Å². The Kier molecular flexibility index (Phi) is 5.37. The molecule has 0 spiro atoms. The summed E-state index contributed by atoms with van der Waals surface area (Å²) < 4.78 is 0.661. The van der Waals surface area contributed by atoms with E-state index in [1.807, 2.05) is 14.1 Å². The van der Waals surface area contributed by atoms with Crippen LogP contribution in [0.4, 0.5) is 5.82 Å². The zero-order valence-corrected chi connectivity index (χ0v) is 11.5. The Balaban J connectivity index is 2.61. The Morgan fingerprint density at radius 3 is 2.88 bits per heavy atom. The molecule has 17 heavy (non-hydrogen) atoms. The van der Waals surface area contributed by atoms with Crippen LogP contribution in [0.15, 0.2) is 16.7 Å². The lowest BCUT2D eigenvalue weighted by molar-refractivity contribution is 0.0697. The summed E-state index contributed by atoms with van der Waals surface area (Å²) in [5.74, 6) is -0.562. The molecular weight excluding hydrogens is 286 g/mol. The SMILES string of the molecule is CN(C)CCCNc1ncc(Br)cc1C(=O)O. The van der Waals surface area contributed by atoms with Gasteiger partial charge in [-0.05, 0) is 49.1 Å². The molecule has 0 bridgehead atoms. The number of rotatable bonds is 6. The second-order valence-corrected chi connectivity index (χ2v) is 4.85. The van der Waals surface area contributed by atoms with Crippen LogP contribution in [0, 0.1) is 0 Å². The minimum atomic E-state index is -0.978. The van der Waals surface area contributed by atoms with Crippen LogP contribution in [0.5, 0.6) is 0 Å². The molecule has 1 aromatic heterocycles. The highest BCUT2D eigenvalue weighted by molar-refractivity contribution is 9.10. The van der Waals surface area contributed by atoms with Crippen molar-refractivity contribution in [3.05, 3.63) is 22.3 Å². The molecule has 0 aliphatic heterocycles. The van der Waals surface area contributed by atoms with E-state index in [9.17, 15) is 4.79 Å². The quantitative estimate of drug-likeness (QED) is 0.786. The summed E-state index contributed by atoms with van der Waals surface area (Å²) in [6, 6.07) is 1.55. The van der Waals surface area contributed by atoms with E-state index in [1.165, 1.54) is 0 Å². The van der Waals surface area contributed by atoms with Gasteiger partial charge in [0.05, 0.1) is 0 Å². The van der Waals surface area contributed by atoms with Crippen molar-refractivity contribution >= 4 is 27.7 Å². The highest BCUT2D eigenvalue weighted by Crippen LogP contribution is 2.17. The van der Waals surface area contributed by atoms with E-state index in [-0.39, 0.29) is 5.56 Å². The van der Waals surface area contributed by atoms with Crippen molar-refractivity contribution in [2.75, 3.05) is 32.5 Å². The fraction of sp³-hybridized carbons (Fsp3) is 0.455. The van der Waals surface area contributed by atoms with Gasteiger partial charge in [0, 0.05) is 17.2 Å². The molecule has 0 saturated heterocycles. The lowest BCUT2D eigenvalue weighted by atomic mass is 10.2. The summed E-state index contributed by atoms with van der Waals surface area (Å²) in [7, 11) is 4.00. The van der Waals surface area contributed by atoms with Gasteiger partial charge in [-0.2, -0.15) is 0 Å². The highest BCUT2D eigenvalue weighted by Gasteiger charge is 2.11. The molecular formula is C11H16BrN3O2. The standard InChI is InChI=1S/C11H16BrN3O2/c1-15(2)5-3-4-13-10-9(11(16)17)6-8(12)7-14-10/h6-7H,3-5H2,1-2H3,(H,13,14)(H,16,17). The van der Waals surface area contributed by atoms with Gasteiger partial charge >= 0.3 is 5.97 Å². The van der Waals surface area contributed by atoms with Crippen molar-refractivity contribution in [3.8, 4) is 0 Å². The number of nitrogens with one attached hydrogen (secondary N) is 1. The molecule has 1 aromatic rings. The summed E-state index contributed by atoms with van der Waals surface area (Å²) in [6.45, 7) is 1.65. The molecule has 0 saturated carbocycles. The fourth-order valence-electron chi connectivity index (χ4n) is 1.35. The Morgan fingerprint density at radius 1 is 1.59 bits per heavy atom. The maximum absolute atomic E-state index is 11.0. The van der Waals surface area contributed by atoms with Gasteiger partial charge in [0.15, 0.2) is 0 Å². The van der Waals surface area contributed by atoms with E-state index in [4.69, 9.17) is 5.11 Å². The van der Waals surface area contributed by atoms with E-state index >= 15 is 0 Å². The molecule has 0 aromatic carbocycles. The smallest absolute Gasteiger partial charge is 0.339 e. The van der Waals surface area contributed by atoms with Gasteiger partial charge in [-0.25, -0.2) is 9.78 Å². The molecule has 0 atom stereocenters. The number of aromatic nitrogens is 1. The Hall–Kier alpha value is -1.14. The number of carboxylic acid groups (broad SMARTS) is 1. The predicted molar refractivity (Wildman–Crippen MR) is 70.6 cm³/mol. The first-order valence-electron chi connectivity index (χ1n) is 5.28. The molecule has 0 fully saturated rings. The zero-order chi connectivity index (χ0) is 12.8. The van der Waals surface area contributed by atoms with Crippen molar-refractivity contribution in [1.29, 1.82) is 0 Å². The van der Waals surface area contributed by atoms with Gasteiger partial charge < -0.3 is 15.3 Å². The van der Waals surface area contributed by atoms with Gasteiger partial charge in [0.2, 0.25) is 0 Å². The molecule has 0 aliphatic rings. The van der Waals surface area contributed by atoms with Crippen LogP contribution < -0.4 is 5.32 Å². The molecule has 1 heterocycles. The van der Waals surface area contributed by atoms with Crippen molar-refractivity contribution in [2.24, 2.45) is 0 Å². The molecule has 0 aliphatic carbocycles. The summed E-state index contributed by atoms with van der Waals surface area (Å²) in [5.41, 5.74) is 0.184. The number of anilines is 1. The number of halogens is 1. The average Bonchev–Trinajstić information content (AvgIpc) is 2.25. The lowest BCUT2D eigenvalue weighted by Crippen LogP contribution is -2.17. The highest BCUT2D eigenvalue weighted by atomic mass is 79.9. The van der Waals surface area contributed by atoms with Crippen LogP contribution in [0.3, 0.4) is 0 Å². The Labute approximate surface area is 109 Å². The van der Waals surface area contributed by atoms with Crippen LogP contribution in [-0.4, -0.2) is 48.1 Å². The predicted octanol–water partition coefficient (Wildman–Crippen LogP) is 1.91. The number of nitrogens with zero attached hydrogens (tertiary/aromatic N) is 2. The molecule has 6 heteroatoms. The van der Waals surface area contributed by atoms with Gasteiger partial charge in [-0.1, -0.05) is 0 Å². The van der Waals surface area contributed by atoms with Crippen molar-refractivity contribution < 1.29 is 9.90 Å². The molecule has 0 amide bonds. The summed E-state index contributed by atoms with van der Waals surface area (Å²) in [6.07, 6.45) is 2.52. The maximum Gasteiger partial charge on any atom is 0.339 e. The lowest BCUT2D eigenvalue weighted by Gasteiger charge is -2.11. The van der Waals surface area contributed by atoms with E-state index in [1.54, 1.807) is 12.3 Å². The van der Waals surface area contributed by atoms with Crippen LogP contribution in [0.2, 0.25) is 0 Å². The number of aromatic carboxylic acids is 1. The second kappa shape index (κ2) is 6.56. The summed E-state index contributed by atoms with van der Waals surface area (Å²) in [5, 5.41) is 12.1. The van der Waals surface area contributed by atoms with Gasteiger partial charge in [0.25, 0.3) is 0 Å². The van der Waals surface area contributed by atoms with Crippen molar-refractivity contribution in [1.82, 2.24) is 9.88 Å². The summed E-state index contributed by atoms with van der Waals surface area (Å²) in [4.78, 5) is 17.1. The Bertz CT molecular complexity index is 396. The van der Waals surface area contributed by atoms with E-state index in [0.717, 1.165) is 13.0 Å². The number of hydrogen-bond acceptors (Lipinski definition) is 4. The van der Waals surface area contributed by atoms with Gasteiger partial charge in [-0.3, -0.25) is 0 Å². The third-order valence-electron chi connectivity index (χ3n) is 2.16. The van der Waals surface area contributed by atoms with E-state index in [2.05, 4.69) is 31.1 Å². The molecule has 0 unspecified atom stereocenters. The average molecular weight is 302 g/mol. The summed E-state index contributed by atoms with van der Waals surface area (Å²) >= 11 is 3.21. The number of carboxylic acids is 1. The maximum atomic E-state index is 11.0. The number of hydrogen-bond donors (Lipinski definition) is 2. The van der Waals surface area contributed by atoms with Crippen LogP contribution in [0.1, 0.15) is 16.8 Å². The minimum Gasteiger partial charge on any atom is -0.478 e. The molecule has 5 nitrogen and oxygen atoms in total. The first-order valence-corrected chi connectivity index (χ1v) is 6.07. The molecule has 0 radical (unpaired) electrons. The van der Waals surface area contributed by atoms with Crippen LogP contribution >= 0.6 is 15.9 Å². The topological polar surface area (TPSA) is 65.5 Å². The first kappa shape index (κ1) is 13.9. The third-order valence-corrected chi connectivity index (χ3v) is 2.59. The third kappa shape index (κ3) is 4.70. The van der Waals surface area contributed by atoms with Crippen LogP contribution in [0.25, 0.3) is 0 Å². The molecule has 1 rings (SSSR count). The molecule has 94 valence electrons. The normalized spacial score (nSPS) is 10.6.